The van der Waals surface area contributed by atoms with Gasteiger partial charge in [0.25, 0.3) is 0 Å². The average Bonchev–Trinajstić information content (AvgIpc) is 2.14. The van der Waals surface area contributed by atoms with E-state index in [2.05, 4.69) is 0 Å². The molecule has 0 N–H and O–H groups in total. The van der Waals surface area contributed by atoms with Crippen molar-refractivity contribution in [3.05, 3.63) is 28.2 Å². The quantitative estimate of drug-likeness (QED) is 0.800. The molecule has 0 saturated carbocycles. The van der Waals surface area contributed by atoms with Gasteiger partial charge in [0.05, 0.1) is 4.90 Å². The maximum Gasteiger partial charge on any atom is 0.242 e. The lowest BCUT2D eigenvalue weighted by molar-refractivity contribution is 0.470. The van der Waals surface area contributed by atoms with E-state index in [9.17, 15) is 8.42 Å². The second-order valence-corrected chi connectivity index (χ2v) is 7.33. The number of hydrogen-bond donors (Lipinski definition) is 0. The highest BCUT2D eigenvalue weighted by atomic mass is 35.5. The third-order valence-corrected chi connectivity index (χ3v) is 4.43. The molecule has 0 aliphatic carbocycles. The van der Waals surface area contributed by atoms with Crippen molar-refractivity contribution < 1.29 is 8.42 Å². The van der Waals surface area contributed by atoms with Gasteiger partial charge in [0.2, 0.25) is 10.0 Å². The van der Waals surface area contributed by atoms with Gasteiger partial charge in [-0.15, -0.1) is 11.6 Å². The van der Waals surface area contributed by atoms with Gasteiger partial charge in [-0.3, -0.25) is 0 Å². The van der Waals surface area contributed by atoms with Gasteiger partial charge < -0.3 is 0 Å². The third-order valence-electron chi connectivity index (χ3n) is 2.05. The Balaban J connectivity index is 3.12. The molecule has 17 heavy (non-hydrogen) atoms. The van der Waals surface area contributed by atoms with Crippen molar-refractivity contribution in [3.63, 3.8) is 0 Å². The van der Waals surface area contributed by atoms with Crippen molar-refractivity contribution in [2.75, 3.05) is 13.6 Å². The Hall–Kier alpha value is -0.000000000000000111. The Labute approximate surface area is 116 Å². The lowest BCUT2D eigenvalue weighted by Gasteiger charge is -2.18. The van der Waals surface area contributed by atoms with Crippen molar-refractivity contribution in [2.24, 2.45) is 0 Å². The van der Waals surface area contributed by atoms with Crippen molar-refractivity contribution in [2.45, 2.75) is 17.2 Å². The Bertz CT molecular complexity index is 482. The van der Waals surface area contributed by atoms with Gasteiger partial charge in [0.15, 0.2) is 0 Å². The highest BCUT2D eigenvalue weighted by Gasteiger charge is 2.22. The first-order valence-corrected chi connectivity index (χ1v) is 7.43. The van der Waals surface area contributed by atoms with Crippen molar-refractivity contribution in [1.82, 2.24) is 4.31 Å². The van der Waals surface area contributed by atoms with Crippen LogP contribution in [0.4, 0.5) is 0 Å². The fourth-order valence-corrected chi connectivity index (χ4v) is 3.59. The molecule has 1 rings (SSSR count). The number of rotatable bonds is 4. The lowest BCUT2D eigenvalue weighted by Crippen LogP contribution is -2.31. The summed E-state index contributed by atoms with van der Waals surface area (Å²) in [5, 5.41) is 0.288. The molecule has 96 valence electrons. The van der Waals surface area contributed by atoms with Crippen LogP contribution in [0.15, 0.2) is 23.1 Å². The molecule has 0 aliphatic heterocycles. The Morgan fingerprint density at radius 3 is 2.12 bits per heavy atom. The maximum atomic E-state index is 12.1. The van der Waals surface area contributed by atoms with Gasteiger partial charge in [-0.1, -0.05) is 23.2 Å². The Morgan fingerprint density at radius 2 is 1.71 bits per heavy atom. The van der Waals surface area contributed by atoms with Gasteiger partial charge >= 0.3 is 0 Å². The van der Waals surface area contributed by atoms with E-state index in [1.807, 2.05) is 0 Å². The van der Waals surface area contributed by atoms with Crippen molar-refractivity contribution >= 4 is 44.8 Å². The number of sulfonamides is 1. The van der Waals surface area contributed by atoms with Crippen LogP contribution >= 0.6 is 34.8 Å². The minimum absolute atomic E-state index is 0.0646. The van der Waals surface area contributed by atoms with E-state index in [4.69, 9.17) is 34.8 Å². The zero-order chi connectivity index (χ0) is 13.2. The van der Waals surface area contributed by atoms with Crippen LogP contribution in [0.1, 0.15) is 6.92 Å². The van der Waals surface area contributed by atoms with Crippen molar-refractivity contribution in [1.29, 1.82) is 0 Å². The summed E-state index contributed by atoms with van der Waals surface area (Å²) in [6.07, 6.45) is 0. The van der Waals surface area contributed by atoms with Gasteiger partial charge in [0.1, 0.15) is 0 Å². The predicted octanol–water partition coefficient (Wildman–Crippen LogP) is 3.24. The fourth-order valence-electron chi connectivity index (χ4n) is 1.31. The molecule has 0 bridgehead atoms. The second-order valence-electron chi connectivity index (χ2n) is 3.67. The molecule has 1 unspecified atom stereocenters. The number of halogens is 3. The van der Waals surface area contributed by atoms with E-state index in [1.54, 1.807) is 6.92 Å². The van der Waals surface area contributed by atoms with E-state index in [-0.39, 0.29) is 26.9 Å². The summed E-state index contributed by atoms with van der Waals surface area (Å²) < 4.78 is 25.4. The van der Waals surface area contributed by atoms with Gasteiger partial charge in [-0.2, -0.15) is 4.31 Å². The number of nitrogens with zero attached hydrogens (tertiary/aromatic N) is 1. The minimum atomic E-state index is -3.60. The first-order valence-electron chi connectivity index (χ1n) is 4.80. The molecular formula is C10H12Cl3NO2S. The molecule has 0 saturated heterocycles. The summed E-state index contributed by atoms with van der Waals surface area (Å²) in [6.45, 7) is 1.94. The van der Waals surface area contributed by atoms with Crippen LogP contribution < -0.4 is 0 Å². The van der Waals surface area contributed by atoms with Crippen LogP contribution in [-0.2, 0) is 10.0 Å². The molecule has 0 aromatic heterocycles. The molecule has 0 radical (unpaired) electrons. The third kappa shape index (κ3) is 4.00. The normalized spacial score (nSPS) is 14.0. The van der Waals surface area contributed by atoms with Crippen LogP contribution in [0.2, 0.25) is 10.0 Å². The van der Waals surface area contributed by atoms with E-state index in [0.717, 1.165) is 0 Å². The smallest absolute Gasteiger partial charge is 0.207 e. The largest absolute Gasteiger partial charge is 0.242 e. The van der Waals surface area contributed by atoms with E-state index < -0.39 is 10.0 Å². The summed E-state index contributed by atoms with van der Waals surface area (Å²) in [6, 6.07) is 4.20. The van der Waals surface area contributed by atoms with Crippen LogP contribution in [0, 0.1) is 0 Å². The summed E-state index contributed by atoms with van der Waals surface area (Å²) in [7, 11) is -2.14. The SMILES string of the molecule is CC(Cl)CN(C)S(=O)(=O)c1cc(Cl)cc(Cl)c1. The molecule has 7 heteroatoms. The summed E-state index contributed by atoms with van der Waals surface area (Å²) in [5.41, 5.74) is 0. The van der Waals surface area contributed by atoms with Crippen molar-refractivity contribution in [3.8, 4) is 0 Å². The van der Waals surface area contributed by atoms with Crippen LogP contribution in [0.3, 0.4) is 0 Å². The van der Waals surface area contributed by atoms with Gasteiger partial charge in [-0.05, 0) is 25.1 Å². The predicted molar refractivity (Wildman–Crippen MR) is 71.6 cm³/mol. The summed E-state index contributed by atoms with van der Waals surface area (Å²) in [4.78, 5) is 0.0646. The lowest BCUT2D eigenvalue weighted by atomic mass is 10.4. The topological polar surface area (TPSA) is 37.4 Å². The van der Waals surface area contributed by atoms with E-state index >= 15 is 0 Å². The summed E-state index contributed by atoms with van der Waals surface area (Å²) >= 11 is 17.3. The molecule has 1 atom stereocenters. The van der Waals surface area contributed by atoms with Crippen LogP contribution in [0.25, 0.3) is 0 Å². The number of hydrogen-bond acceptors (Lipinski definition) is 2. The highest BCUT2D eigenvalue weighted by molar-refractivity contribution is 7.89. The Kier molecular flexibility index (Phi) is 5.10. The molecule has 3 nitrogen and oxygen atoms in total. The first-order chi connectivity index (χ1) is 7.73. The van der Waals surface area contributed by atoms with Crippen LogP contribution in [0.5, 0.6) is 0 Å². The Morgan fingerprint density at radius 1 is 1.24 bits per heavy atom. The zero-order valence-corrected chi connectivity index (χ0v) is 12.4. The molecule has 0 spiro atoms. The standard InChI is InChI=1S/C10H12Cl3NO2S/c1-7(11)6-14(2)17(15,16)10-4-8(12)3-9(13)5-10/h3-5,7H,6H2,1-2H3. The molecule has 1 aromatic carbocycles. The molecule has 0 fully saturated rings. The van der Waals surface area contributed by atoms with Gasteiger partial charge in [0, 0.05) is 29.0 Å². The zero-order valence-electron chi connectivity index (χ0n) is 9.32. The second kappa shape index (κ2) is 5.76. The molecular weight excluding hydrogens is 305 g/mol. The molecule has 0 aliphatic rings. The fraction of sp³-hybridized carbons (Fsp3) is 0.400. The minimum Gasteiger partial charge on any atom is -0.207 e. The summed E-state index contributed by atoms with van der Waals surface area (Å²) in [5.74, 6) is 0. The van der Waals surface area contributed by atoms with E-state index in [1.165, 1.54) is 29.6 Å². The highest BCUT2D eigenvalue weighted by Crippen LogP contribution is 2.24. The average molecular weight is 317 g/mol. The molecule has 0 heterocycles. The first kappa shape index (κ1) is 15.1. The van der Waals surface area contributed by atoms with Gasteiger partial charge in [-0.25, -0.2) is 8.42 Å². The maximum absolute atomic E-state index is 12.1. The molecule has 1 aromatic rings. The molecule has 0 amide bonds. The number of benzene rings is 1. The van der Waals surface area contributed by atoms with Crippen LogP contribution in [-0.4, -0.2) is 31.7 Å². The monoisotopic (exact) mass is 315 g/mol. The number of alkyl halides is 1. The van der Waals surface area contributed by atoms with E-state index in [0.29, 0.717) is 0 Å².